The zero-order chi connectivity index (χ0) is 25.9. The van der Waals surface area contributed by atoms with E-state index in [1.54, 1.807) is 24.5 Å². The van der Waals surface area contributed by atoms with Crippen LogP contribution in [0.1, 0.15) is 22.0 Å². The second-order valence-electron chi connectivity index (χ2n) is 9.27. The van der Waals surface area contributed by atoms with Crippen molar-refractivity contribution in [3.05, 3.63) is 78.1 Å². The minimum atomic E-state index is -0.304. The van der Waals surface area contributed by atoms with Crippen molar-refractivity contribution in [3.63, 3.8) is 0 Å². The third kappa shape index (κ3) is 4.96. The Bertz CT molecular complexity index is 1420. The van der Waals surface area contributed by atoms with Gasteiger partial charge in [-0.2, -0.15) is 0 Å². The smallest absolute Gasteiger partial charge is 0.254 e. The topological polar surface area (TPSA) is 92.6 Å². The molecule has 5 rings (SSSR count). The molecule has 1 atom stereocenters. The Morgan fingerprint density at radius 3 is 2.62 bits per heavy atom. The van der Waals surface area contributed by atoms with Gasteiger partial charge in [-0.25, -0.2) is 4.98 Å². The third-order valence-electron chi connectivity index (χ3n) is 6.81. The van der Waals surface area contributed by atoms with Crippen LogP contribution in [0.4, 0.5) is 5.69 Å². The molecule has 2 aromatic carbocycles. The monoisotopic (exact) mass is 498 g/mol. The van der Waals surface area contributed by atoms with Gasteiger partial charge in [-0.15, -0.1) is 0 Å². The normalized spacial score (nSPS) is 16.2. The van der Waals surface area contributed by atoms with Crippen LogP contribution in [-0.2, 0) is 16.6 Å². The lowest BCUT2D eigenvalue weighted by Gasteiger charge is -2.39. The number of fused-ring (bicyclic) bond motifs is 1. The SMILES string of the molecule is COCC(=O)Nc1cc(C(=O)N2CCN(C)[C@H](c3ccccc3)C2)cc2nc(-c3cccnc3)n(C)c12. The number of hydrogen-bond acceptors (Lipinski definition) is 6. The number of imidazole rings is 1. The van der Waals surface area contributed by atoms with Gasteiger partial charge >= 0.3 is 0 Å². The van der Waals surface area contributed by atoms with Crippen LogP contribution in [0.15, 0.2) is 67.0 Å². The first-order valence-electron chi connectivity index (χ1n) is 12.2. The summed E-state index contributed by atoms with van der Waals surface area (Å²) in [5, 5.41) is 2.91. The van der Waals surface area contributed by atoms with E-state index < -0.39 is 0 Å². The second-order valence-corrected chi connectivity index (χ2v) is 9.27. The first-order chi connectivity index (χ1) is 18.0. The van der Waals surface area contributed by atoms with Gasteiger partial charge in [-0.1, -0.05) is 30.3 Å². The molecule has 0 spiro atoms. The zero-order valence-corrected chi connectivity index (χ0v) is 21.2. The van der Waals surface area contributed by atoms with Crippen molar-refractivity contribution in [2.75, 3.05) is 45.7 Å². The van der Waals surface area contributed by atoms with Crippen LogP contribution in [0.2, 0.25) is 0 Å². The molecule has 190 valence electrons. The Labute approximate surface area is 215 Å². The number of pyridine rings is 1. The Morgan fingerprint density at radius 1 is 1.08 bits per heavy atom. The number of amides is 2. The number of hydrogen-bond donors (Lipinski definition) is 1. The van der Waals surface area contributed by atoms with E-state index in [4.69, 9.17) is 9.72 Å². The molecule has 4 aromatic rings. The van der Waals surface area contributed by atoms with Crippen molar-refractivity contribution in [1.82, 2.24) is 24.3 Å². The molecule has 0 radical (unpaired) electrons. The third-order valence-corrected chi connectivity index (χ3v) is 6.81. The van der Waals surface area contributed by atoms with Crippen molar-refractivity contribution < 1.29 is 14.3 Å². The zero-order valence-electron chi connectivity index (χ0n) is 21.2. The number of likely N-dealkylation sites (N-methyl/N-ethyl adjacent to an activating group) is 1. The minimum absolute atomic E-state index is 0.0910. The predicted octanol–water partition coefficient (Wildman–Crippen LogP) is 3.35. The van der Waals surface area contributed by atoms with Gasteiger partial charge in [-0.05, 0) is 36.9 Å². The number of aromatic nitrogens is 3. The number of carbonyl (C=O) groups excluding carboxylic acids is 2. The maximum atomic E-state index is 13.8. The standard InChI is InChI=1S/C28H30N6O3/c1-32-12-13-34(17-24(32)19-8-5-4-6-9-19)28(36)21-14-22(30-25(35)18-37-3)26-23(15-21)31-27(33(26)2)20-10-7-11-29-16-20/h4-11,14-16,24H,12-13,17-18H2,1-3H3,(H,30,35)/t24-/m0/s1. The summed E-state index contributed by atoms with van der Waals surface area (Å²) in [4.78, 5) is 39.4. The van der Waals surface area contributed by atoms with Crippen LogP contribution in [0.3, 0.4) is 0 Å². The Kier molecular flexibility index (Phi) is 6.98. The van der Waals surface area contributed by atoms with Crippen LogP contribution in [0.25, 0.3) is 22.4 Å². The molecule has 1 aliphatic heterocycles. The highest BCUT2D eigenvalue weighted by molar-refractivity contribution is 6.06. The van der Waals surface area contributed by atoms with Gasteiger partial charge in [0.25, 0.3) is 5.91 Å². The van der Waals surface area contributed by atoms with Crippen molar-refractivity contribution >= 4 is 28.5 Å². The molecule has 2 amide bonds. The fourth-order valence-corrected chi connectivity index (χ4v) is 4.92. The van der Waals surface area contributed by atoms with Crippen molar-refractivity contribution in [2.45, 2.75) is 6.04 Å². The summed E-state index contributed by atoms with van der Waals surface area (Å²) in [6.07, 6.45) is 3.45. The first-order valence-corrected chi connectivity index (χ1v) is 12.2. The molecule has 1 saturated heterocycles. The molecule has 9 heteroatoms. The summed E-state index contributed by atoms with van der Waals surface area (Å²) in [5.41, 5.74) is 4.35. The van der Waals surface area contributed by atoms with Gasteiger partial charge in [0, 0.05) is 57.3 Å². The summed E-state index contributed by atoms with van der Waals surface area (Å²) < 4.78 is 6.91. The van der Waals surface area contributed by atoms with Gasteiger partial charge in [0.1, 0.15) is 12.4 Å². The summed E-state index contributed by atoms with van der Waals surface area (Å²) in [5.74, 6) is 0.298. The number of nitrogens with one attached hydrogen (secondary N) is 1. The number of aryl methyl sites for hydroxylation is 1. The van der Waals surface area contributed by atoms with E-state index in [2.05, 4.69) is 34.4 Å². The number of rotatable bonds is 6. The predicted molar refractivity (Wildman–Crippen MR) is 142 cm³/mol. The highest BCUT2D eigenvalue weighted by Gasteiger charge is 2.30. The van der Waals surface area contributed by atoms with Crippen LogP contribution in [-0.4, -0.2) is 76.5 Å². The number of ether oxygens (including phenoxy) is 1. The van der Waals surface area contributed by atoms with Gasteiger partial charge < -0.3 is 19.5 Å². The van der Waals surface area contributed by atoms with E-state index >= 15 is 0 Å². The molecule has 9 nitrogen and oxygen atoms in total. The number of carbonyl (C=O) groups is 2. The van der Waals surface area contributed by atoms with Crippen molar-refractivity contribution in [1.29, 1.82) is 0 Å². The summed E-state index contributed by atoms with van der Waals surface area (Å²) in [6, 6.07) is 17.7. The van der Waals surface area contributed by atoms with Crippen LogP contribution < -0.4 is 5.32 Å². The molecule has 0 saturated carbocycles. The van der Waals surface area contributed by atoms with E-state index in [1.165, 1.54) is 12.7 Å². The van der Waals surface area contributed by atoms with Crippen LogP contribution in [0, 0.1) is 0 Å². The molecule has 37 heavy (non-hydrogen) atoms. The van der Waals surface area contributed by atoms with Crippen molar-refractivity contribution in [2.24, 2.45) is 7.05 Å². The Balaban J connectivity index is 1.53. The van der Waals surface area contributed by atoms with E-state index in [-0.39, 0.29) is 24.5 Å². The van der Waals surface area contributed by atoms with Gasteiger partial charge in [0.2, 0.25) is 5.91 Å². The largest absolute Gasteiger partial charge is 0.375 e. The molecular weight excluding hydrogens is 468 g/mol. The van der Waals surface area contributed by atoms with Gasteiger partial charge in [0.15, 0.2) is 0 Å². The number of benzene rings is 2. The number of nitrogens with zero attached hydrogens (tertiary/aromatic N) is 5. The van der Waals surface area contributed by atoms with Crippen molar-refractivity contribution in [3.8, 4) is 11.4 Å². The fourth-order valence-electron chi connectivity index (χ4n) is 4.92. The molecule has 0 bridgehead atoms. The molecule has 0 unspecified atom stereocenters. The van der Waals surface area contributed by atoms with E-state index in [0.717, 1.165) is 17.6 Å². The summed E-state index contributed by atoms with van der Waals surface area (Å²) in [6.45, 7) is 1.86. The average molecular weight is 499 g/mol. The van der Waals surface area contributed by atoms with Crippen LogP contribution in [0.5, 0.6) is 0 Å². The summed E-state index contributed by atoms with van der Waals surface area (Å²) >= 11 is 0. The van der Waals surface area contributed by atoms with E-state index in [1.807, 2.05) is 46.8 Å². The maximum absolute atomic E-state index is 13.8. The van der Waals surface area contributed by atoms with E-state index in [0.29, 0.717) is 35.7 Å². The number of piperazine rings is 1. The van der Waals surface area contributed by atoms with Gasteiger partial charge in [-0.3, -0.25) is 19.5 Å². The Hall–Kier alpha value is -4.08. The number of methoxy groups -OCH3 is 1. The fraction of sp³-hybridized carbons (Fsp3) is 0.286. The quantitative estimate of drug-likeness (QED) is 0.438. The lowest BCUT2D eigenvalue weighted by molar-refractivity contribution is -0.119. The van der Waals surface area contributed by atoms with Gasteiger partial charge in [0.05, 0.1) is 22.8 Å². The highest BCUT2D eigenvalue weighted by Crippen LogP contribution is 2.31. The average Bonchev–Trinajstić information content (AvgIpc) is 3.26. The molecule has 2 aromatic heterocycles. The minimum Gasteiger partial charge on any atom is -0.375 e. The number of anilines is 1. The molecule has 1 aliphatic rings. The van der Waals surface area contributed by atoms with E-state index in [9.17, 15) is 9.59 Å². The lowest BCUT2D eigenvalue weighted by Crippen LogP contribution is -2.49. The second kappa shape index (κ2) is 10.5. The first kappa shape index (κ1) is 24.6. The Morgan fingerprint density at radius 2 is 1.89 bits per heavy atom. The molecule has 3 heterocycles. The van der Waals surface area contributed by atoms with Crippen LogP contribution >= 0.6 is 0 Å². The lowest BCUT2D eigenvalue weighted by atomic mass is 10.0. The maximum Gasteiger partial charge on any atom is 0.254 e. The summed E-state index contributed by atoms with van der Waals surface area (Å²) in [7, 11) is 5.44. The molecule has 1 fully saturated rings. The molecule has 0 aliphatic carbocycles. The molecular formula is C28H30N6O3. The molecule has 1 N–H and O–H groups in total. The highest BCUT2D eigenvalue weighted by atomic mass is 16.5.